The van der Waals surface area contributed by atoms with Crippen LogP contribution in [-0.4, -0.2) is 31.1 Å². The van der Waals surface area contributed by atoms with Crippen molar-refractivity contribution in [1.82, 2.24) is 10.2 Å². The third-order valence-electron chi connectivity index (χ3n) is 3.25. The van der Waals surface area contributed by atoms with E-state index in [0.29, 0.717) is 16.1 Å². The van der Waals surface area contributed by atoms with E-state index in [1.165, 1.54) is 5.56 Å². The number of piperazine rings is 1. The van der Waals surface area contributed by atoms with Crippen LogP contribution in [-0.2, 0) is 0 Å². The second kappa shape index (κ2) is 6.58. The first-order valence-electron chi connectivity index (χ1n) is 6.22. The lowest BCUT2D eigenvalue weighted by molar-refractivity contribution is 0.174. The van der Waals surface area contributed by atoms with E-state index in [-0.39, 0.29) is 0 Å². The lowest BCUT2D eigenvalue weighted by atomic mass is 10.0. The fourth-order valence-electron chi connectivity index (χ4n) is 2.42. The molecule has 1 aliphatic heterocycles. The number of nitrogens with one attached hydrogen (secondary N) is 1. The first-order chi connectivity index (χ1) is 8.70. The maximum atomic E-state index is 6.09. The van der Waals surface area contributed by atoms with Crippen LogP contribution in [0.15, 0.2) is 30.9 Å². The topological polar surface area (TPSA) is 15.3 Å². The Morgan fingerprint density at radius 2 is 1.83 bits per heavy atom. The molecule has 1 aliphatic rings. The Labute approximate surface area is 119 Å². The molecule has 0 aromatic heterocycles. The summed E-state index contributed by atoms with van der Waals surface area (Å²) in [6.45, 7) is 8.01. The van der Waals surface area contributed by atoms with Crippen molar-refractivity contribution >= 4 is 23.2 Å². The van der Waals surface area contributed by atoms with Crippen molar-refractivity contribution in [3.8, 4) is 0 Å². The molecule has 0 saturated carbocycles. The van der Waals surface area contributed by atoms with E-state index in [4.69, 9.17) is 23.2 Å². The summed E-state index contributed by atoms with van der Waals surface area (Å²) < 4.78 is 0. The Morgan fingerprint density at radius 3 is 2.39 bits per heavy atom. The molecule has 0 amide bonds. The maximum absolute atomic E-state index is 6.09. The van der Waals surface area contributed by atoms with Crippen LogP contribution in [0.3, 0.4) is 0 Å². The summed E-state index contributed by atoms with van der Waals surface area (Å²) >= 11 is 12.2. The molecule has 0 unspecified atom stereocenters. The largest absolute Gasteiger partial charge is 0.314 e. The van der Waals surface area contributed by atoms with Crippen molar-refractivity contribution < 1.29 is 0 Å². The third kappa shape index (κ3) is 3.48. The molecule has 98 valence electrons. The molecule has 4 heteroatoms. The second-order valence-electron chi connectivity index (χ2n) is 4.53. The summed E-state index contributed by atoms with van der Waals surface area (Å²) in [4.78, 5) is 2.46. The highest BCUT2D eigenvalue weighted by atomic mass is 35.5. The Balaban J connectivity index is 2.24. The van der Waals surface area contributed by atoms with E-state index < -0.39 is 0 Å². The van der Waals surface area contributed by atoms with Gasteiger partial charge in [-0.1, -0.05) is 29.3 Å². The van der Waals surface area contributed by atoms with Gasteiger partial charge in [-0.25, -0.2) is 0 Å². The van der Waals surface area contributed by atoms with E-state index >= 15 is 0 Å². The lowest BCUT2D eigenvalue weighted by Gasteiger charge is -2.35. The minimum absolute atomic E-state index is 0.320. The van der Waals surface area contributed by atoms with Crippen molar-refractivity contribution in [2.45, 2.75) is 12.5 Å². The van der Waals surface area contributed by atoms with Gasteiger partial charge in [0.15, 0.2) is 0 Å². The maximum Gasteiger partial charge on any atom is 0.0424 e. The molecule has 1 atom stereocenters. The van der Waals surface area contributed by atoms with E-state index in [1.807, 2.05) is 18.2 Å². The molecule has 1 N–H and O–H groups in total. The van der Waals surface area contributed by atoms with E-state index in [1.54, 1.807) is 6.07 Å². The molecule has 1 fully saturated rings. The highest BCUT2D eigenvalue weighted by Crippen LogP contribution is 2.29. The van der Waals surface area contributed by atoms with Crippen LogP contribution in [0.2, 0.25) is 10.0 Å². The molecule has 2 nitrogen and oxygen atoms in total. The van der Waals surface area contributed by atoms with Gasteiger partial charge in [0.25, 0.3) is 0 Å². The molecule has 0 bridgehead atoms. The van der Waals surface area contributed by atoms with Crippen molar-refractivity contribution in [2.75, 3.05) is 26.2 Å². The molecule has 1 heterocycles. The number of hydrogen-bond donors (Lipinski definition) is 1. The summed E-state index contributed by atoms with van der Waals surface area (Å²) in [6, 6.07) is 6.10. The van der Waals surface area contributed by atoms with Crippen molar-refractivity contribution in [2.24, 2.45) is 0 Å². The Hall–Kier alpha value is -0.540. The summed E-state index contributed by atoms with van der Waals surface area (Å²) in [7, 11) is 0. The quantitative estimate of drug-likeness (QED) is 0.852. The molecule has 0 radical (unpaired) electrons. The fraction of sp³-hybridized carbons (Fsp3) is 0.429. The van der Waals surface area contributed by atoms with E-state index in [2.05, 4.69) is 16.8 Å². The van der Waals surface area contributed by atoms with Crippen LogP contribution in [0.4, 0.5) is 0 Å². The molecule has 1 aromatic rings. The van der Waals surface area contributed by atoms with Gasteiger partial charge in [0.1, 0.15) is 0 Å². The second-order valence-corrected chi connectivity index (χ2v) is 5.40. The average molecular weight is 285 g/mol. The smallest absolute Gasteiger partial charge is 0.0424 e. The highest BCUT2D eigenvalue weighted by molar-refractivity contribution is 6.34. The van der Waals surface area contributed by atoms with Gasteiger partial charge in [-0.15, -0.1) is 6.58 Å². The molecule has 1 saturated heterocycles. The SMILES string of the molecule is C=CC[C@H](c1cc(Cl)cc(Cl)c1)N1CCNCC1. The van der Waals surface area contributed by atoms with Gasteiger partial charge in [0.05, 0.1) is 0 Å². The molecule has 18 heavy (non-hydrogen) atoms. The number of benzene rings is 1. The predicted molar refractivity (Wildman–Crippen MR) is 78.5 cm³/mol. The van der Waals surface area contributed by atoms with Crippen LogP contribution in [0.5, 0.6) is 0 Å². The zero-order valence-corrected chi connectivity index (χ0v) is 11.8. The minimum atomic E-state index is 0.320. The Morgan fingerprint density at radius 1 is 1.22 bits per heavy atom. The van der Waals surface area contributed by atoms with Gasteiger partial charge in [0.2, 0.25) is 0 Å². The standard InChI is InChI=1S/C14H18Cl2N2/c1-2-3-14(18-6-4-17-5-7-18)11-8-12(15)10-13(16)9-11/h2,8-10,14,17H,1,3-7H2/t14-/m1/s1. The average Bonchev–Trinajstić information content (AvgIpc) is 2.36. The van der Waals surface area contributed by atoms with Gasteiger partial charge in [0, 0.05) is 42.3 Å². The van der Waals surface area contributed by atoms with Gasteiger partial charge < -0.3 is 5.32 Å². The Kier molecular flexibility index (Phi) is 5.07. The van der Waals surface area contributed by atoms with Gasteiger partial charge in [-0.2, -0.15) is 0 Å². The first-order valence-corrected chi connectivity index (χ1v) is 6.98. The van der Waals surface area contributed by atoms with Crippen molar-refractivity contribution in [1.29, 1.82) is 0 Å². The molecule has 0 aliphatic carbocycles. The third-order valence-corrected chi connectivity index (χ3v) is 3.69. The van der Waals surface area contributed by atoms with Crippen molar-refractivity contribution in [3.05, 3.63) is 46.5 Å². The Bertz CT molecular complexity index is 394. The van der Waals surface area contributed by atoms with Gasteiger partial charge in [-0.3, -0.25) is 4.90 Å². The summed E-state index contributed by atoms with van der Waals surface area (Å²) in [5.74, 6) is 0. The summed E-state index contributed by atoms with van der Waals surface area (Å²) in [6.07, 6.45) is 2.87. The van der Waals surface area contributed by atoms with Crippen LogP contribution < -0.4 is 5.32 Å². The molecule has 1 aromatic carbocycles. The number of nitrogens with zero attached hydrogens (tertiary/aromatic N) is 1. The van der Waals surface area contributed by atoms with Gasteiger partial charge >= 0.3 is 0 Å². The number of hydrogen-bond acceptors (Lipinski definition) is 2. The zero-order chi connectivity index (χ0) is 13.0. The highest BCUT2D eigenvalue weighted by Gasteiger charge is 2.21. The van der Waals surface area contributed by atoms with Crippen molar-refractivity contribution in [3.63, 3.8) is 0 Å². The summed E-state index contributed by atoms with van der Waals surface area (Å²) in [5.41, 5.74) is 1.18. The first kappa shape index (κ1) is 13.9. The minimum Gasteiger partial charge on any atom is -0.314 e. The number of rotatable bonds is 4. The van der Waals surface area contributed by atoms with Crippen LogP contribution in [0.25, 0.3) is 0 Å². The van der Waals surface area contributed by atoms with Crippen LogP contribution >= 0.6 is 23.2 Å². The molecule has 0 spiro atoms. The van der Waals surface area contributed by atoms with E-state index in [0.717, 1.165) is 32.6 Å². The normalized spacial score (nSPS) is 18.6. The predicted octanol–water partition coefficient (Wildman–Crippen LogP) is 3.52. The fourth-order valence-corrected chi connectivity index (χ4v) is 2.96. The van der Waals surface area contributed by atoms with E-state index in [9.17, 15) is 0 Å². The number of halogens is 2. The lowest BCUT2D eigenvalue weighted by Crippen LogP contribution is -2.45. The van der Waals surface area contributed by atoms with Crippen LogP contribution in [0, 0.1) is 0 Å². The summed E-state index contributed by atoms with van der Waals surface area (Å²) in [5, 5.41) is 4.76. The zero-order valence-electron chi connectivity index (χ0n) is 10.3. The molecule has 2 rings (SSSR count). The monoisotopic (exact) mass is 284 g/mol. The van der Waals surface area contributed by atoms with Gasteiger partial charge in [-0.05, 0) is 30.2 Å². The molecular weight excluding hydrogens is 267 g/mol. The van der Waals surface area contributed by atoms with Crippen LogP contribution in [0.1, 0.15) is 18.0 Å². The molecular formula is C14H18Cl2N2.